The van der Waals surface area contributed by atoms with Crippen molar-refractivity contribution in [1.29, 1.82) is 0 Å². The van der Waals surface area contributed by atoms with E-state index in [2.05, 4.69) is 9.47 Å². The van der Waals surface area contributed by atoms with Crippen LogP contribution in [0.4, 0.5) is 14.5 Å². The standard InChI is InChI=1S/C10H8ClF2NO5/c1-18-9(15)6-3-7(14(16)17)8(19-10(12)13)2-5(6)4-11/h2-3,10H,4H2,1H3. The molecule has 0 aliphatic carbocycles. The van der Waals surface area contributed by atoms with Crippen LogP contribution >= 0.6 is 11.6 Å². The van der Waals surface area contributed by atoms with E-state index >= 15 is 0 Å². The van der Waals surface area contributed by atoms with Crippen LogP contribution in [0, 0.1) is 10.1 Å². The van der Waals surface area contributed by atoms with Gasteiger partial charge in [0, 0.05) is 11.9 Å². The van der Waals surface area contributed by atoms with Crippen LogP contribution < -0.4 is 4.74 Å². The lowest BCUT2D eigenvalue weighted by molar-refractivity contribution is -0.386. The number of hydrogen-bond donors (Lipinski definition) is 0. The van der Waals surface area contributed by atoms with E-state index in [9.17, 15) is 23.7 Å². The quantitative estimate of drug-likeness (QED) is 0.361. The third-order valence-electron chi connectivity index (χ3n) is 2.15. The van der Waals surface area contributed by atoms with Crippen molar-refractivity contribution < 1.29 is 28.0 Å². The van der Waals surface area contributed by atoms with Crippen LogP contribution in [0.5, 0.6) is 5.75 Å². The Bertz CT molecular complexity index is 509. The van der Waals surface area contributed by atoms with Gasteiger partial charge in [0.05, 0.1) is 17.6 Å². The first kappa shape index (κ1) is 15.1. The minimum Gasteiger partial charge on any atom is -0.465 e. The Morgan fingerprint density at radius 1 is 1.53 bits per heavy atom. The van der Waals surface area contributed by atoms with Gasteiger partial charge in [-0.2, -0.15) is 8.78 Å². The molecular weight excluding hydrogens is 288 g/mol. The Morgan fingerprint density at radius 3 is 2.58 bits per heavy atom. The van der Waals surface area contributed by atoms with Crippen molar-refractivity contribution in [3.05, 3.63) is 33.4 Å². The predicted octanol–water partition coefficient (Wildman–Crippen LogP) is 2.72. The summed E-state index contributed by atoms with van der Waals surface area (Å²) in [6.07, 6.45) is 0. The highest BCUT2D eigenvalue weighted by Crippen LogP contribution is 2.32. The van der Waals surface area contributed by atoms with Crippen LogP contribution in [-0.4, -0.2) is 24.6 Å². The molecule has 0 N–H and O–H groups in total. The molecule has 0 radical (unpaired) electrons. The minimum atomic E-state index is -3.23. The molecule has 0 heterocycles. The Labute approximate surface area is 111 Å². The Hall–Kier alpha value is -1.96. The van der Waals surface area contributed by atoms with E-state index < -0.39 is 28.9 Å². The molecule has 1 aromatic carbocycles. The number of carbonyl (C=O) groups is 1. The van der Waals surface area contributed by atoms with Crippen molar-refractivity contribution in [2.24, 2.45) is 0 Å². The van der Waals surface area contributed by atoms with Gasteiger partial charge >= 0.3 is 18.3 Å². The minimum absolute atomic E-state index is 0.0924. The molecule has 9 heteroatoms. The van der Waals surface area contributed by atoms with Gasteiger partial charge in [-0.1, -0.05) is 0 Å². The zero-order valence-corrected chi connectivity index (χ0v) is 10.3. The maximum atomic E-state index is 12.2. The van der Waals surface area contributed by atoms with Crippen LogP contribution in [0.25, 0.3) is 0 Å². The monoisotopic (exact) mass is 295 g/mol. The van der Waals surface area contributed by atoms with E-state index in [0.717, 1.165) is 19.2 Å². The fourth-order valence-corrected chi connectivity index (χ4v) is 1.58. The van der Waals surface area contributed by atoms with E-state index in [1.807, 2.05) is 0 Å². The molecule has 0 bridgehead atoms. The van der Waals surface area contributed by atoms with Crippen molar-refractivity contribution >= 4 is 23.3 Å². The maximum Gasteiger partial charge on any atom is 0.387 e. The number of nitrogens with zero attached hydrogens (tertiary/aromatic N) is 1. The number of alkyl halides is 3. The Morgan fingerprint density at radius 2 is 2.16 bits per heavy atom. The van der Waals surface area contributed by atoms with E-state index in [0.29, 0.717) is 0 Å². The first-order valence-electron chi connectivity index (χ1n) is 4.81. The number of nitro benzene ring substituents is 1. The van der Waals surface area contributed by atoms with Gasteiger partial charge in [-0.05, 0) is 11.6 Å². The molecule has 1 aromatic rings. The lowest BCUT2D eigenvalue weighted by atomic mass is 10.1. The largest absolute Gasteiger partial charge is 0.465 e. The first-order chi connectivity index (χ1) is 8.90. The van der Waals surface area contributed by atoms with Gasteiger partial charge in [-0.15, -0.1) is 11.6 Å². The van der Waals surface area contributed by atoms with E-state index in [1.54, 1.807) is 0 Å². The van der Waals surface area contributed by atoms with Gasteiger partial charge in [0.1, 0.15) is 0 Å². The summed E-state index contributed by atoms with van der Waals surface area (Å²) in [4.78, 5) is 21.2. The summed E-state index contributed by atoms with van der Waals surface area (Å²) < 4.78 is 32.8. The zero-order valence-electron chi connectivity index (χ0n) is 9.56. The molecule has 0 fully saturated rings. The highest BCUT2D eigenvalue weighted by molar-refractivity contribution is 6.17. The third kappa shape index (κ3) is 3.50. The molecule has 0 saturated heterocycles. The van der Waals surface area contributed by atoms with Crippen LogP contribution in [0.3, 0.4) is 0 Å². The van der Waals surface area contributed by atoms with Crippen molar-refractivity contribution in [2.75, 3.05) is 7.11 Å². The Balaban J connectivity index is 3.41. The number of esters is 1. The molecule has 0 aliphatic rings. The molecule has 1 rings (SSSR count). The first-order valence-corrected chi connectivity index (χ1v) is 5.34. The smallest absolute Gasteiger partial charge is 0.387 e. The summed E-state index contributed by atoms with van der Waals surface area (Å²) in [5.41, 5.74) is -0.852. The topological polar surface area (TPSA) is 78.7 Å². The van der Waals surface area contributed by atoms with Crippen LogP contribution in [0.15, 0.2) is 12.1 Å². The number of nitro groups is 1. The van der Waals surface area contributed by atoms with Crippen LogP contribution in [-0.2, 0) is 10.6 Å². The molecule has 0 aliphatic heterocycles. The fraction of sp³-hybridized carbons (Fsp3) is 0.300. The molecule has 0 amide bonds. The van der Waals surface area contributed by atoms with Crippen molar-refractivity contribution in [3.63, 3.8) is 0 Å². The maximum absolute atomic E-state index is 12.2. The van der Waals surface area contributed by atoms with E-state index in [4.69, 9.17) is 11.6 Å². The van der Waals surface area contributed by atoms with Gasteiger partial charge in [0.2, 0.25) is 5.75 Å². The van der Waals surface area contributed by atoms with Crippen molar-refractivity contribution in [1.82, 2.24) is 0 Å². The lowest BCUT2D eigenvalue weighted by Crippen LogP contribution is -2.09. The number of benzene rings is 1. The molecule has 0 spiro atoms. The van der Waals surface area contributed by atoms with Gasteiger partial charge in [0.25, 0.3) is 0 Å². The van der Waals surface area contributed by atoms with E-state index in [-0.39, 0.29) is 17.0 Å². The summed E-state index contributed by atoms with van der Waals surface area (Å²) in [5.74, 6) is -1.74. The summed E-state index contributed by atoms with van der Waals surface area (Å²) in [7, 11) is 1.08. The van der Waals surface area contributed by atoms with Gasteiger partial charge in [-0.3, -0.25) is 10.1 Å². The van der Waals surface area contributed by atoms with E-state index in [1.165, 1.54) is 0 Å². The highest BCUT2D eigenvalue weighted by Gasteiger charge is 2.24. The van der Waals surface area contributed by atoms with Crippen molar-refractivity contribution in [2.45, 2.75) is 12.5 Å². The molecule has 104 valence electrons. The predicted molar refractivity (Wildman–Crippen MR) is 60.6 cm³/mol. The molecule has 19 heavy (non-hydrogen) atoms. The van der Waals surface area contributed by atoms with Gasteiger partial charge in [0.15, 0.2) is 0 Å². The average Bonchev–Trinajstić information content (AvgIpc) is 2.36. The lowest BCUT2D eigenvalue weighted by Gasteiger charge is -2.10. The molecule has 6 nitrogen and oxygen atoms in total. The second-order valence-corrected chi connectivity index (χ2v) is 3.51. The number of methoxy groups -OCH3 is 1. The van der Waals surface area contributed by atoms with Gasteiger partial charge < -0.3 is 9.47 Å². The highest BCUT2D eigenvalue weighted by atomic mass is 35.5. The Kier molecular flexibility index (Phi) is 4.99. The van der Waals surface area contributed by atoms with Crippen molar-refractivity contribution in [3.8, 4) is 5.75 Å². The fourth-order valence-electron chi connectivity index (χ4n) is 1.35. The van der Waals surface area contributed by atoms with Crippen LogP contribution in [0.2, 0.25) is 0 Å². The molecule has 0 atom stereocenters. The average molecular weight is 296 g/mol. The third-order valence-corrected chi connectivity index (χ3v) is 2.43. The SMILES string of the molecule is COC(=O)c1cc([N+](=O)[O-])c(OC(F)F)cc1CCl. The van der Waals surface area contributed by atoms with Crippen LogP contribution in [0.1, 0.15) is 15.9 Å². The second kappa shape index (κ2) is 6.28. The number of carbonyl (C=O) groups excluding carboxylic acids is 1. The normalized spacial score (nSPS) is 10.4. The number of ether oxygens (including phenoxy) is 2. The number of halogens is 3. The summed E-state index contributed by atoms with van der Waals surface area (Å²) in [6, 6.07) is 1.71. The summed E-state index contributed by atoms with van der Waals surface area (Å²) in [5, 5.41) is 10.8. The number of hydrogen-bond acceptors (Lipinski definition) is 5. The number of rotatable bonds is 5. The molecule has 0 aromatic heterocycles. The molecule has 0 unspecified atom stereocenters. The second-order valence-electron chi connectivity index (χ2n) is 3.24. The van der Waals surface area contributed by atoms with Gasteiger partial charge in [-0.25, -0.2) is 4.79 Å². The zero-order chi connectivity index (χ0) is 14.6. The molecular formula is C10H8ClF2NO5. The molecule has 0 saturated carbocycles. The summed E-state index contributed by atoms with van der Waals surface area (Å²) in [6.45, 7) is -3.23. The summed E-state index contributed by atoms with van der Waals surface area (Å²) >= 11 is 5.55.